The fourth-order valence-corrected chi connectivity index (χ4v) is 2.87. The Morgan fingerprint density at radius 3 is 2.71 bits per heavy atom. The first kappa shape index (κ1) is 21.4. The third kappa shape index (κ3) is 5.79. The molecule has 28 heavy (non-hydrogen) atoms. The molecule has 1 aromatic carbocycles. The van der Waals surface area contributed by atoms with Crippen molar-refractivity contribution in [3.05, 3.63) is 53.2 Å². The Morgan fingerprint density at radius 2 is 2.07 bits per heavy atom. The smallest absolute Gasteiger partial charge is 0.256 e. The summed E-state index contributed by atoms with van der Waals surface area (Å²) < 4.78 is 0. The van der Waals surface area contributed by atoms with Crippen LogP contribution in [0.4, 0.5) is 11.5 Å². The van der Waals surface area contributed by atoms with Crippen LogP contribution in [0, 0.1) is 11.3 Å². The number of hydrogen-bond acceptors (Lipinski definition) is 6. The van der Waals surface area contributed by atoms with E-state index in [4.69, 9.17) is 17.0 Å². The number of para-hydroxylation sites is 1. The summed E-state index contributed by atoms with van der Waals surface area (Å²) in [6.45, 7) is 4.70. The first-order valence-corrected chi connectivity index (χ1v) is 9.31. The molecular formula is C20H25ClN6O. The largest absolute Gasteiger partial charge is 0.368 e. The number of benzene rings is 1. The highest BCUT2D eigenvalue weighted by Gasteiger charge is 2.25. The number of pyridine rings is 1. The molecule has 0 aliphatic heterocycles. The molecule has 8 heteroatoms. The van der Waals surface area contributed by atoms with E-state index in [1.165, 1.54) is 6.21 Å². The third-order valence-corrected chi connectivity index (χ3v) is 4.52. The number of aromatic nitrogens is 1. The van der Waals surface area contributed by atoms with E-state index in [0.29, 0.717) is 28.6 Å². The van der Waals surface area contributed by atoms with Gasteiger partial charge in [-0.25, -0.2) is 4.98 Å². The van der Waals surface area contributed by atoms with E-state index >= 15 is 0 Å². The number of nitrogens with zero attached hydrogens (tertiary/aromatic N) is 3. The van der Waals surface area contributed by atoms with Gasteiger partial charge in [0.1, 0.15) is 5.82 Å². The number of hydrazone groups is 1. The van der Waals surface area contributed by atoms with Crippen LogP contribution in [-0.4, -0.2) is 47.9 Å². The summed E-state index contributed by atoms with van der Waals surface area (Å²) >= 11 is 5.87. The minimum Gasteiger partial charge on any atom is -0.368 e. The highest BCUT2D eigenvalue weighted by molar-refractivity contribution is 6.30. The van der Waals surface area contributed by atoms with Crippen molar-refractivity contribution in [2.24, 2.45) is 11.0 Å². The van der Waals surface area contributed by atoms with E-state index < -0.39 is 0 Å². The molecule has 0 radical (unpaired) electrons. The topological polar surface area (TPSA) is 93.5 Å². The van der Waals surface area contributed by atoms with Gasteiger partial charge in [0.05, 0.1) is 28.5 Å². The molecule has 148 valence electrons. The molecule has 2 rings (SSSR count). The van der Waals surface area contributed by atoms with Crippen LogP contribution < -0.4 is 10.7 Å². The zero-order valence-corrected chi connectivity index (χ0v) is 16.9. The van der Waals surface area contributed by atoms with Crippen molar-refractivity contribution in [1.29, 1.82) is 5.41 Å². The summed E-state index contributed by atoms with van der Waals surface area (Å²) in [7, 11) is 1.79. The van der Waals surface area contributed by atoms with E-state index in [0.717, 1.165) is 6.21 Å². The molecule has 1 aromatic heterocycles. The van der Waals surface area contributed by atoms with Crippen molar-refractivity contribution in [2.45, 2.75) is 19.9 Å². The number of nitrogens with one attached hydrogen (secondary N) is 3. The van der Waals surface area contributed by atoms with E-state index in [1.54, 1.807) is 36.3 Å². The van der Waals surface area contributed by atoms with E-state index in [-0.39, 0.29) is 17.9 Å². The lowest BCUT2D eigenvalue weighted by Gasteiger charge is -2.32. The molecule has 2 aromatic rings. The van der Waals surface area contributed by atoms with E-state index in [9.17, 15) is 4.79 Å². The maximum atomic E-state index is 13.1. The highest BCUT2D eigenvalue weighted by Crippen LogP contribution is 2.20. The maximum Gasteiger partial charge on any atom is 0.256 e. The minimum absolute atomic E-state index is 0.0527. The van der Waals surface area contributed by atoms with Crippen molar-refractivity contribution in [2.75, 3.05) is 24.3 Å². The van der Waals surface area contributed by atoms with Crippen molar-refractivity contribution >= 4 is 41.4 Å². The van der Waals surface area contributed by atoms with Crippen LogP contribution in [-0.2, 0) is 0 Å². The first-order valence-electron chi connectivity index (χ1n) is 8.93. The van der Waals surface area contributed by atoms with Gasteiger partial charge in [-0.1, -0.05) is 37.6 Å². The van der Waals surface area contributed by atoms with Gasteiger partial charge in [0.2, 0.25) is 0 Å². The summed E-state index contributed by atoms with van der Waals surface area (Å²) in [6.07, 6.45) is 3.96. The molecule has 3 N–H and O–H groups in total. The Bertz CT molecular complexity index is 822. The molecule has 0 aliphatic carbocycles. The number of carbonyl (C=O) groups excluding carboxylic acids is 1. The van der Waals surface area contributed by atoms with Gasteiger partial charge in [-0.2, -0.15) is 5.10 Å². The Kier molecular flexibility index (Phi) is 7.95. The number of halogens is 1. The molecule has 0 saturated carbocycles. The average Bonchev–Trinajstić information content (AvgIpc) is 2.69. The van der Waals surface area contributed by atoms with E-state index in [1.807, 2.05) is 18.2 Å². The van der Waals surface area contributed by atoms with Gasteiger partial charge in [0.25, 0.3) is 5.91 Å². The van der Waals surface area contributed by atoms with Crippen LogP contribution in [0.2, 0.25) is 5.02 Å². The molecule has 1 heterocycles. The fourth-order valence-electron chi connectivity index (χ4n) is 2.76. The lowest BCUT2D eigenvalue weighted by Crippen LogP contribution is -2.44. The summed E-state index contributed by atoms with van der Waals surface area (Å²) in [5.41, 5.74) is 3.92. The van der Waals surface area contributed by atoms with Gasteiger partial charge in [-0.15, -0.1) is 0 Å². The van der Waals surface area contributed by atoms with Gasteiger partial charge >= 0.3 is 0 Å². The predicted octanol–water partition coefficient (Wildman–Crippen LogP) is 3.99. The fraction of sp³-hybridized carbons (Fsp3) is 0.300. The van der Waals surface area contributed by atoms with Gasteiger partial charge in [0, 0.05) is 26.0 Å². The summed E-state index contributed by atoms with van der Waals surface area (Å²) in [6, 6.07) is 10.7. The highest BCUT2D eigenvalue weighted by atomic mass is 35.5. The van der Waals surface area contributed by atoms with Crippen molar-refractivity contribution in [1.82, 2.24) is 9.88 Å². The van der Waals surface area contributed by atoms with Gasteiger partial charge in [0.15, 0.2) is 0 Å². The maximum absolute atomic E-state index is 13.1. The number of anilines is 2. The molecule has 0 bridgehead atoms. The average molecular weight is 401 g/mol. The van der Waals surface area contributed by atoms with Gasteiger partial charge < -0.3 is 15.6 Å². The second-order valence-electron chi connectivity index (χ2n) is 6.57. The van der Waals surface area contributed by atoms with Gasteiger partial charge in [-0.3, -0.25) is 10.2 Å². The Balaban J connectivity index is 2.14. The summed E-state index contributed by atoms with van der Waals surface area (Å²) in [4.78, 5) is 19.1. The van der Waals surface area contributed by atoms with Crippen LogP contribution in [0.25, 0.3) is 0 Å². The molecular weight excluding hydrogens is 376 g/mol. The minimum atomic E-state index is -0.113. The number of carbonyl (C=O) groups is 1. The molecule has 1 amide bonds. The third-order valence-electron chi connectivity index (χ3n) is 4.30. The molecule has 0 saturated heterocycles. The molecule has 0 spiro atoms. The van der Waals surface area contributed by atoms with Crippen LogP contribution in [0.1, 0.15) is 24.2 Å². The van der Waals surface area contributed by atoms with Crippen LogP contribution in [0.5, 0.6) is 0 Å². The number of rotatable bonds is 9. The summed E-state index contributed by atoms with van der Waals surface area (Å²) in [5.74, 6) is 0.821. The SMILES string of the molecule is CC(C)C(CNc1ccc(Cl)cn1)N(C)C(=O)c1ccccc1N/N=C\C=N. The summed E-state index contributed by atoms with van der Waals surface area (Å²) in [5, 5.41) is 14.7. The van der Waals surface area contributed by atoms with Crippen LogP contribution in [0.3, 0.4) is 0 Å². The van der Waals surface area contributed by atoms with E-state index in [2.05, 4.69) is 34.7 Å². The number of hydrogen-bond donors (Lipinski definition) is 3. The molecule has 0 aliphatic rings. The number of likely N-dealkylation sites (N-methyl/N-ethyl adjacent to an activating group) is 1. The Morgan fingerprint density at radius 1 is 1.32 bits per heavy atom. The monoisotopic (exact) mass is 400 g/mol. The zero-order valence-electron chi connectivity index (χ0n) is 16.2. The van der Waals surface area contributed by atoms with Crippen molar-refractivity contribution in [3.8, 4) is 0 Å². The second kappa shape index (κ2) is 10.4. The predicted molar refractivity (Wildman–Crippen MR) is 116 cm³/mol. The van der Waals surface area contributed by atoms with Crippen LogP contribution in [0.15, 0.2) is 47.7 Å². The molecule has 1 atom stereocenters. The standard InChI is InChI=1S/C20H25ClN6O/c1-14(2)18(13-24-19-9-8-15(21)12-23-19)27(3)20(28)16-6-4-5-7-17(16)26-25-11-10-22/h4-12,14,18,22,26H,13H2,1-3H3,(H,23,24)/b22-10?,25-11-. The molecule has 7 nitrogen and oxygen atoms in total. The van der Waals surface area contributed by atoms with Crippen LogP contribution >= 0.6 is 11.6 Å². The van der Waals surface area contributed by atoms with Crippen molar-refractivity contribution < 1.29 is 4.79 Å². The lowest BCUT2D eigenvalue weighted by atomic mass is 10.0. The lowest BCUT2D eigenvalue weighted by molar-refractivity contribution is 0.0702. The number of amides is 1. The second-order valence-corrected chi connectivity index (χ2v) is 7.01. The zero-order chi connectivity index (χ0) is 20.5. The quantitative estimate of drug-likeness (QED) is 0.438. The molecule has 1 unspecified atom stereocenters. The van der Waals surface area contributed by atoms with Gasteiger partial charge in [-0.05, 0) is 30.2 Å². The first-order chi connectivity index (χ1) is 13.4. The Labute approximate surface area is 170 Å². The Hall–Kier alpha value is -2.93. The molecule has 0 fully saturated rings. The normalized spacial score (nSPS) is 12.0. The van der Waals surface area contributed by atoms with Crippen molar-refractivity contribution in [3.63, 3.8) is 0 Å².